The van der Waals surface area contributed by atoms with Crippen molar-refractivity contribution in [1.82, 2.24) is 5.32 Å². The molecule has 0 atom stereocenters. The molecule has 1 heterocycles. The summed E-state index contributed by atoms with van der Waals surface area (Å²) in [5.74, 6) is -1.31. The van der Waals surface area contributed by atoms with Gasteiger partial charge in [0, 0.05) is 11.4 Å². The van der Waals surface area contributed by atoms with Crippen molar-refractivity contribution in [3.8, 4) is 5.75 Å². The second-order valence-electron chi connectivity index (χ2n) is 7.54. The van der Waals surface area contributed by atoms with Crippen LogP contribution < -0.4 is 15.0 Å². The number of imide groups is 2. The van der Waals surface area contributed by atoms with Gasteiger partial charge in [0.25, 0.3) is 11.8 Å². The fourth-order valence-corrected chi connectivity index (χ4v) is 3.74. The van der Waals surface area contributed by atoms with Gasteiger partial charge in [-0.3, -0.25) is 14.9 Å². The summed E-state index contributed by atoms with van der Waals surface area (Å²) < 4.78 is 19.3. The number of nitrogens with zero attached hydrogens (tertiary/aromatic N) is 1. The van der Waals surface area contributed by atoms with Crippen molar-refractivity contribution in [2.24, 2.45) is 0 Å². The molecule has 4 rings (SSSR count). The summed E-state index contributed by atoms with van der Waals surface area (Å²) in [6.07, 6.45) is 1.85. The minimum absolute atomic E-state index is 0.199. The van der Waals surface area contributed by atoms with E-state index in [2.05, 4.69) is 5.32 Å². The average Bonchev–Trinajstić information content (AvgIpc) is 2.79. The Bertz CT molecular complexity index is 1300. The van der Waals surface area contributed by atoms with Crippen molar-refractivity contribution in [3.63, 3.8) is 0 Å². The van der Waals surface area contributed by atoms with E-state index in [0.717, 1.165) is 16.0 Å². The first-order valence-corrected chi connectivity index (χ1v) is 10.9. The first kappa shape index (κ1) is 23.2. The zero-order valence-electron chi connectivity index (χ0n) is 18.2. The number of carbonyl (C=O) groups excluding carboxylic acids is 3. The number of amides is 4. The molecule has 6 nitrogen and oxygen atoms in total. The van der Waals surface area contributed by atoms with Crippen LogP contribution in [-0.2, 0) is 16.0 Å². The van der Waals surface area contributed by atoms with Gasteiger partial charge < -0.3 is 4.74 Å². The summed E-state index contributed by atoms with van der Waals surface area (Å²) in [5.41, 5.74) is 2.23. The number of anilines is 1. The number of rotatable bonds is 6. The van der Waals surface area contributed by atoms with Gasteiger partial charge in [0.05, 0.1) is 12.3 Å². The smallest absolute Gasteiger partial charge is 0.335 e. The van der Waals surface area contributed by atoms with Crippen molar-refractivity contribution in [3.05, 3.63) is 99.8 Å². The maximum Gasteiger partial charge on any atom is 0.335 e. The zero-order valence-corrected chi connectivity index (χ0v) is 18.9. The predicted octanol–water partition coefficient (Wildman–Crippen LogP) is 5.14. The molecule has 1 aliphatic rings. The van der Waals surface area contributed by atoms with Crippen LogP contribution >= 0.6 is 11.6 Å². The molecular formula is C26H20ClFN2O4. The number of hydrogen-bond acceptors (Lipinski definition) is 4. The highest BCUT2D eigenvalue weighted by molar-refractivity contribution is 6.39. The lowest BCUT2D eigenvalue weighted by atomic mass is 10.0. The predicted molar refractivity (Wildman–Crippen MR) is 127 cm³/mol. The minimum atomic E-state index is -0.838. The molecule has 0 spiro atoms. The van der Waals surface area contributed by atoms with Crippen molar-refractivity contribution in [2.45, 2.75) is 13.3 Å². The Morgan fingerprint density at radius 1 is 1.03 bits per heavy atom. The molecule has 4 amide bonds. The van der Waals surface area contributed by atoms with Crippen molar-refractivity contribution < 1.29 is 23.5 Å². The van der Waals surface area contributed by atoms with E-state index in [0.29, 0.717) is 29.4 Å². The monoisotopic (exact) mass is 478 g/mol. The van der Waals surface area contributed by atoms with E-state index in [1.165, 1.54) is 30.3 Å². The van der Waals surface area contributed by atoms with E-state index in [9.17, 15) is 18.8 Å². The summed E-state index contributed by atoms with van der Waals surface area (Å²) in [6, 6.07) is 16.8. The number of halogens is 2. The first-order valence-electron chi connectivity index (χ1n) is 10.5. The standard InChI is InChI=1S/C26H20ClFN2O4/c1-2-34-23-15-17(6-7-18(23)12-16-4-3-5-20(28)13-16)14-22-24(31)29-26(33)30(25(22)32)21-10-8-19(27)9-11-21/h3-11,13-15H,2,12H2,1H3,(H,29,31,33)/b22-14+. The third-order valence-electron chi connectivity index (χ3n) is 5.17. The summed E-state index contributed by atoms with van der Waals surface area (Å²) >= 11 is 5.89. The van der Waals surface area contributed by atoms with E-state index in [4.69, 9.17) is 16.3 Å². The van der Waals surface area contributed by atoms with Gasteiger partial charge in [-0.05, 0) is 72.2 Å². The molecule has 3 aromatic rings. The summed E-state index contributed by atoms with van der Waals surface area (Å²) in [5, 5.41) is 2.64. The van der Waals surface area contributed by atoms with Crippen molar-refractivity contribution >= 4 is 41.2 Å². The number of nitrogens with one attached hydrogen (secondary N) is 1. The molecule has 0 unspecified atom stereocenters. The normalized spacial score (nSPS) is 15.0. The topological polar surface area (TPSA) is 75.7 Å². The summed E-state index contributed by atoms with van der Waals surface area (Å²) in [4.78, 5) is 38.8. The molecule has 0 bridgehead atoms. The lowest BCUT2D eigenvalue weighted by Gasteiger charge is -2.26. The third kappa shape index (κ3) is 5.00. The van der Waals surface area contributed by atoms with Gasteiger partial charge in [0.2, 0.25) is 0 Å². The summed E-state index contributed by atoms with van der Waals surface area (Å²) in [6.45, 7) is 2.24. The van der Waals surface area contributed by atoms with Crippen LogP contribution in [0.4, 0.5) is 14.9 Å². The van der Waals surface area contributed by atoms with Crippen LogP contribution in [0.5, 0.6) is 5.75 Å². The SMILES string of the molecule is CCOc1cc(/C=C2\C(=O)NC(=O)N(c3ccc(Cl)cc3)C2=O)ccc1Cc1cccc(F)c1. The number of ether oxygens (including phenoxy) is 1. The molecule has 0 aliphatic carbocycles. The van der Waals surface area contributed by atoms with Gasteiger partial charge in [-0.25, -0.2) is 14.1 Å². The van der Waals surface area contributed by atoms with Crippen molar-refractivity contribution in [2.75, 3.05) is 11.5 Å². The molecule has 3 aromatic carbocycles. The molecule has 0 radical (unpaired) electrons. The second kappa shape index (κ2) is 9.89. The van der Waals surface area contributed by atoms with Crippen LogP contribution in [0.15, 0.2) is 72.3 Å². The maximum atomic E-state index is 13.6. The Labute approximate surface area is 200 Å². The number of carbonyl (C=O) groups is 3. The van der Waals surface area contributed by atoms with Crippen LogP contribution in [0.25, 0.3) is 6.08 Å². The van der Waals surface area contributed by atoms with Gasteiger partial charge in [-0.2, -0.15) is 0 Å². The zero-order chi connectivity index (χ0) is 24.2. The van der Waals surface area contributed by atoms with Crippen LogP contribution in [0.2, 0.25) is 5.02 Å². The Morgan fingerprint density at radius 3 is 2.50 bits per heavy atom. The van der Waals surface area contributed by atoms with E-state index in [1.807, 2.05) is 13.0 Å². The molecular weight excluding hydrogens is 459 g/mol. The van der Waals surface area contributed by atoms with E-state index < -0.39 is 17.8 Å². The van der Waals surface area contributed by atoms with E-state index in [1.54, 1.807) is 36.4 Å². The van der Waals surface area contributed by atoms with E-state index in [-0.39, 0.29) is 17.1 Å². The van der Waals surface area contributed by atoms with Crippen LogP contribution in [0.3, 0.4) is 0 Å². The Morgan fingerprint density at radius 2 is 1.79 bits per heavy atom. The lowest BCUT2D eigenvalue weighted by molar-refractivity contribution is -0.122. The molecule has 172 valence electrons. The number of benzene rings is 3. The molecule has 1 N–H and O–H groups in total. The molecule has 34 heavy (non-hydrogen) atoms. The average molecular weight is 479 g/mol. The molecule has 0 aromatic heterocycles. The lowest BCUT2D eigenvalue weighted by Crippen LogP contribution is -2.54. The highest BCUT2D eigenvalue weighted by Gasteiger charge is 2.36. The Hall–Kier alpha value is -3.97. The molecule has 1 saturated heterocycles. The molecule has 1 fully saturated rings. The number of barbiturate groups is 1. The third-order valence-corrected chi connectivity index (χ3v) is 5.42. The second-order valence-corrected chi connectivity index (χ2v) is 7.98. The van der Waals surface area contributed by atoms with Gasteiger partial charge in [-0.1, -0.05) is 35.9 Å². The van der Waals surface area contributed by atoms with E-state index >= 15 is 0 Å². The fourth-order valence-electron chi connectivity index (χ4n) is 3.61. The van der Waals surface area contributed by atoms with Crippen LogP contribution in [0, 0.1) is 5.82 Å². The largest absolute Gasteiger partial charge is 0.494 e. The van der Waals surface area contributed by atoms with Gasteiger partial charge in [0.1, 0.15) is 17.1 Å². The Kier molecular flexibility index (Phi) is 6.75. The molecule has 1 aliphatic heterocycles. The van der Waals surface area contributed by atoms with Gasteiger partial charge in [-0.15, -0.1) is 0 Å². The minimum Gasteiger partial charge on any atom is -0.494 e. The first-order chi connectivity index (χ1) is 16.4. The number of hydrogen-bond donors (Lipinski definition) is 1. The highest BCUT2D eigenvalue weighted by Crippen LogP contribution is 2.27. The van der Waals surface area contributed by atoms with Gasteiger partial charge in [0.15, 0.2) is 0 Å². The Balaban J connectivity index is 1.66. The molecule has 0 saturated carbocycles. The highest BCUT2D eigenvalue weighted by atomic mass is 35.5. The molecule has 8 heteroatoms. The summed E-state index contributed by atoms with van der Waals surface area (Å²) in [7, 11) is 0. The fraction of sp³-hybridized carbons (Fsp3) is 0.115. The number of urea groups is 1. The quantitative estimate of drug-likeness (QED) is 0.393. The van der Waals surface area contributed by atoms with Crippen LogP contribution in [0.1, 0.15) is 23.6 Å². The van der Waals surface area contributed by atoms with Crippen LogP contribution in [-0.4, -0.2) is 24.5 Å². The maximum absolute atomic E-state index is 13.6. The van der Waals surface area contributed by atoms with Gasteiger partial charge >= 0.3 is 6.03 Å². The van der Waals surface area contributed by atoms with Crippen molar-refractivity contribution in [1.29, 1.82) is 0 Å².